The Morgan fingerprint density at radius 3 is 2.92 bits per heavy atom. The lowest BCUT2D eigenvalue weighted by molar-refractivity contribution is -0.123. The molecule has 1 amide bonds. The fourth-order valence-corrected chi connectivity index (χ4v) is 3.99. The third-order valence-corrected chi connectivity index (χ3v) is 5.53. The Hall–Kier alpha value is -2.69. The third kappa shape index (κ3) is 4.69. The number of carbonyl (C=O) groups is 1. The van der Waals surface area contributed by atoms with Gasteiger partial charge in [0.2, 0.25) is 0 Å². The van der Waals surface area contributed by atoms with Crippen molar-refractivity contribution in [3.05, 3.63) is 57.2 Å². The second kappa shape index (κ2) is 8.61. The van der Waals surface area contributed by atoms with Crippen LogP contribution in [-0.2, 0) is 11.2 Å². The van der Waals surface area contributed by atoms with Gasteiger partial charge in [0, 0.05) is 16.8 Å². The number of hydrogen-bond acceptors (Lipinski definition) is 6. The molecule has 2 aromatic heterocycles. The number of nitrogens with one attached hydrogen (secondary N) is 1. The molecule has 0 saturated heterocycles. The van der Waals surface area contributed by atoms with Crippen molar-refractivity contribution in [3.63, 3.8) is 0 Å². The highest BCUT2D eigenvalue weighted by atomic mass is 32.1. The van der Waals surface area contributed by atoms with Gasteiger partial charge in [0.25, 0.3) is 5.91 Å². The normalized spacial score (nSPS) is 10.3. The van der Waals surface area contributed by atoms with E-state index in [-0.39, 0.29) is 12.5 Å². The van der Waals surface area contributed by atoms with Gasteiger partial charge in [-0.1, -0.05) is 12.1 Å². The number of thiazole rings is 1. The number of aromatic nitrogens is 1. The first-order valence-electron chi connectivity index (χ1n) is 8.05. The summed E-state index contributed by atoms with van der Waals surface area (Å²) in [7, 11) is 0. The van der Waals surface area contributed by atoms with Crippen LogP contribution in [0.5, 0.6) is 5.75 Å². The van der Waals surface area contributed by atoms with Crippen LogP contribution >= 0.6 is 22.7 Å². The van der Waals surface area contributed by atoms with Crippen molar-refractivity contribution in [1.82, 2.24) is 10.3 Å². The Kier molecular flexibility index (Phi) is 6.00. The zero-order valence-electron chi connectivity index (χ0n) is 14.2. The van der Waals surface area contributed by atoms with E-state index in [0.29, 0.717) is 17.9 Å². The van der Waals surface area contributed by atoms with E-state index in [9.17, 15) is 4.79 Å². The molecule has 0 aliphatic carbocycles. The number of nitrogens with zero attached hydrogens (tertiary/aromatic N) is 2. The lowest BCUT2D eigenvalue weighted by Crippen LogP contribution is -2.30. The van der Waals surface area contributed by atoms with E-state index >= 15 is 0 Å². The monoisotopic (exact) mass is 383 g/mol. The van der Waals surface area contributed by atoms with E-state index in [2.05, 4.69) is 27.8 Å². The molecule has 0 unspecified atom stereocenters. The minimum Gasteiger partial charge on any atom is -0.482 e. The largest absolute Gasteiger partial charge is 0.482 e. The van der Waals surface area contributed by atoms with Gasteiger partial charge in [0.05, 0.1) is 21.1 Å². The van der Waals surface area contributed by atoms with Gasteiger partial charge >= 0.3 is 0 Å². The van der Waals surface area contributed by atoms with Crippen LogP contribution in [0.1, 0.15) is 15.4 Å². The molecular formula is C19H17N3O2S2. The van der Waals surface area contributed by atoms with Crippen molar-refractivity contribution < 1.29 is 9.53 Å². The molecule has 1 N–H and O–H groups in total. The first-order chi connectivity index (χ1) is 12.7. The van der Waals surface area contributed by atoms with E-state index in [1.54, 1.807) is 46.9 Å². The van der Waals surface area contributed by atoms with Crippen molar-refractivity contribution in [3.8, 4) is 22.4 Å². The van der Waals surface area contributed by atoms with E-state index in [0.717, 1.165) is 22.0 Å². The lowest BCUT2D eigenvalue weighted by atomic mass is 10.2. The number of nitriles is 1. The minimum absolute atomic E-state index is 0.105. The summed E-state index contributed by atoms with van der Waals surface area (Å²) in [4.78, 5) is 18.7. The molecule has 1 aromatic carbocycles. The highest BCUT2D eigenvalue weighted by Gasteiger charge is 2.08. The molecule has 2 heterocycles. The number of rotatable bonds is 7. The second-order valence-corrected chi connectivity index (χ2v) is 7.74. The van der Waals surface area contributed by atoms with Gasteiger partial charge in [-0.2, -0.15) is 5.26 Å². The number of carbonyl (C=O) groups excluding carboxylic acids is 1. The topological polar surface area (TPSA) is 75.0 Å². The first kappa shape index (κ1) is 18.1. The molecule has 0 spiro atoms. The van der Waals surface area contributed by atoms with Crippen molar-refractivity contribution in [1.29, 1.82) is 5.26 Å². The molecule has 132 valence electrons. The zero-order valence-corrected chi connectivity index (χ0v) is 15.8. The summed E-state index contributed by atoms with van der Waals surface area (Å²) in [6.07, 6.45) is 0.758. The molecule has 0 saturated carbocycles. The average Bonchev–Trinajstić information content (AvgIpc) is 3.29. The van der Waals surface area contributed by atoms with Crippen LogP contribution in [-0.4, -0.2) is 24.0 Å². The van der Waals surface area contributed by atoms with E-state index in [1.165, 1.54) is 4.88 Å². The van der Waals surface area contributed by atoms with Gasteiger partial charge < -0.3 is 10.1 Å². The standard InChI is InChI=1S/C19H17N3O2S2/c1-13-22-16(12-25-13)18-7-6-15(26-18)8-9-21-19(23)11-24-17-5-3-2-4-14(17)10-20/h2-7,12H,8-9,11H2,1H3,(H,21,23). The van der Waals surface area contributed by atoms with Crippen LogP contribution in [0.3, 0.4) is 0 Å². The van der Waals surface area contributed by atoms with E-state index in [1.807, 2.05) is 13.0 Å². The summed E-state index contributed by atoms with van der Waals surface area (Å²) < 4.78 is 5.42. The third-order valence-electron chi connectivity index (χ3n) is 3.59. The van der Waals surface area contributed by atoms with Gasteiger partial charge in [-0.15, -0.1) is 22.7 Å². The molecule has 0 fully saturated rings. The summed E-state index contributed by atoms with van der Waals surface area (Å²) in [5.41, 5.74) is 1.43. The van der Waals surface area contributed by atoms with Gasteiger partial charge in [0.1, 0.15) is 11.8 Å². The Bertz CT molecular complexity index is 940. The van der Waals surface area contributed by atoms with Gasteiger partial charge in [-0.05, 0) is 37.6 Å². The molecule has 0 bridgehead atoms. The van der Waals surface area contributed by atoms with Crippen LogP contribution in [0.15, 0.2) is 41.8 Å². The Balaban J connectivity index is 1.44. The lowest BCUT2D eigenvalue weighted by Gasteiger charge is -2.08. The summed E-state index contributed by atoms with van der Waals surface area (Å²) in [6, 6.07) is 13.0. The van der Waals surface area contributed by atoms with E-state index < -0.39 is 0 Å². The van der Waals surface area contributed by atoms with Crippen LogP contribution in [0.25, 0.3) is 10.6 Å². The van der Waals surface area contributed by atoms with Crippen LogP contribution in [0, 0.1) is 18.3 Å². The molecule has 0 aliphatic rings. The Morgan fingerprint density at radius 2 is 2.15 bits per heavy atom. The number of hydrogen-bond donors (Lipinski definition) is 1. The maximum atomic E-state index is 11.9. The molecule has 3 aromatic rings. The van der Waals surface area contributed by atoms with Gasteiger partial charge in [0.15, 0.2) is 6.61 Å². The predicted octanol–water partition coefficient (Wildman–Crippen LogP) is 3.79. The fourth-order valence-electron chi connectivity index (χ4n) is 2.33. The van der Waals surface area contributed by atoms with Gasteiger partial charge in [-0.25, -0.2) is 4.98 Å². The predicted molar refractivity (Wildman–Crippen MR) is 104 cm³/mol. The molecule has 7 heteroatoms. The summed E-state index contributed by atoms with van der Waals surface area (Å²) >= 11 is 3.33. The Labute approximate surface area is 159 Å². The van der Waals surface area contributed by atoms with Crippen molar-refractivity contribution in [2.45, 2.75) is 13.3 Å². The first-order valence-corrected chi connectivity index (χ1v) is 9.75. The number of ether oxygens (including phenoxy) is 1. The minimum atomic E-state index is -0.204. The fraction of sp³-hybridized carbons (Fsp3) is 0.211. The molecule has 26 heavy (non-hydrogen) atoms. The van der Waals surface area contributed by atoms with Crippen LogP contribution < -0.4 is 10.1 Å². The molecular weight excluding hydrogens is 366 g/mol. The molecule has 3 rings (SSSR count). The van der Waals surface area contributed by atoms with Crippen molar-refractivity contribution in [2.24, 2.45) is 0 Å². The molecule has 0 radical (unpaired) electrons. The maximum absolute atomic E-state index is 11.9. The number of aryl methyl sites for hydroxylation is 1. The van der Waals surface area contributed by atoms with Crippen molar-refractivity contribution in [2.75, 3.05) is 13.2 Å². The number of amides is 1. The number of para-hydroxylation sites is 1. The number of benzene rings is 1. The van der Waals surface area contributed by atoms with Gasteiger partial charge in [-0.3, -0.25) is 4.79 Å². The smallest absolute Gasteiger partial charge is 0.257 e. The molecule has 0 atom stereocenters. The zero-order chi connectivity index (χ0) is 18.4. The highest BCUT2D eigenvalue weighted by molar-refractivity contribution is 7.16. The van der Waals surface area contributed by atoms with Crippen molar-refractivity contribution >= 4 is 28.6 Å². The summed E-state index contributed by atoms with van der Waals surface area (Å²) in [5, 5.41) is 15.0. The SMILES string of the molecule is Cc1nc(-c2ccc(CCNC(=O)COc3ccccc3C#N)s2)cs1. The second-order valence-electron chi connectivity index (χ2n) is 5.51. The molecule has 5 nitrogen and oxygen atoms in total. The maximum Gasteiger partial charge on any atom is 0.257 e. The quantitative estimate of drug-likeness (QED) is 0.673. The van der Waals surface area contributed by atoms with Crippen LogP contribution in [0.4, 0.5) is 0 Å². The van der Waals surface area contributed by atoms with E-state index in [4.69, 9.17) is 10.00 Å². The summed E-state index contributed by atoms with van der Waals surface area (Å²) in [5.74, 6) is 0.219. The average molecular weight is 383 g/mol. The Morgan fingerprint density at radius 1 is 1.31 bits per heavy atom. The molecule has 0 aliphatic heterocycles. The summed E-state index contributed by atoms with van der Waals surface area (Å²) in [6.45, 7) is 2.43. The van der Waals surface area contributed by atoms with Crippen LogP contribution in [0.2, 0.25) is 0 Å². The highest BCUT2D eigenvalue weighted by Crippen LogP contribution is 2.29. The number of thiophene rings is 1.